The van der Waals surface area contributed by atoms with E-state index >= 15 is 0 Å². The van der Waals surface area contributed by atoms with Crippen molar-refractivity contribution in [1.82, 2.24) is 4.57 Å². The van der Waals surface area contributed by atoms with Gasteiger partial charge in [-0.2, -0.15) is 0 Å². The maximum atomic E-state index is 12.8. The first kappa shape index (κ1) is 18.0. The fourth-order valence-corrected chi connectivity index (χ4v) is 3.26. The third-order valence-corrected chi connectivity index (χ3v) is 4.56. The molecule has 4 heteroatoms. The summed E-state index contributed by atoms with van der Waals surface area (Å²) in [6.45, 7) is 10.6. The second-order valence-corrected chi connectivity index (χ2v) is 5.97. The molecule has 2 rings (SSSR count). The van der Waals surface area contributed by atoms with Gasteiger partial charge in [-0.1, -0.05) is 32.0 Å². The lowest BCUT2D eigenvalue weighted by atomic mass is 10.0. The third-order valence-electron chi connectivity index (χ3n) is 4.56. The van der Waals surface area contributed by atoms with Crippen LogP contribution in [-0.2, 0) is 19.4 Å². The average molecular weight is 326 g/mol. The van der Waals surface area contributed by atoms with Crippen molar-refractivity contribution in [2.24, 2.45) is 0 Å². The van der Waals surface area contributed by atoms with Gasteiger partial charge in [0.05, 0.1) is 0 Å². The van der Waals surface area contributed by atoms with Gasteiger partial charge in [0.2, 0.25) is 0 Å². The summed E-state index contributed by atoms with van der Waals surface area (Å²) in [5.41, 5.74) is 4.61. The molecule has 0 bridgehead atoms. The van der Waals surface area contributed by atoms with Crippen molar-refractivity contribution in [2.75, 3.05) is 5.32 Å². The maximum absolute atomic E-state index is 12.8. The Morgan fingerprint density at radius 1 is 1.08 bits per heavy atom. The van der Waals surface area contributed by atoms with Crippen LogP contribution in [0, 0.1) is 13.8 Å². The highest BCUT2D eigenvalue weighted by Gasteiger charge is 2.19. The van der Waals surface area contributed by atoms with E-state index in [2.05, 4.69) is 19.2 Å². The zero-order valence-electron chi connectivity index (χ0n) is 15.2. The largest absolute Gasteiger partial charge is 0.348 e. The Labute approximate surface area is 143 Å². The van der Waals surface area contributed by atoms with Crippen LogP contribution < -0.4 is 10.7 Å². The molecule has 0 radical (unpaired) electrons. The number of nitrogens with zero attached hydrogens (tertiary/aromatic N) is 1. The van der Waals surface area contributed by atoms with E-state index in [0.717, 1.165) is 41.9 Å². The third kappa shape index (κ3) is 3.28. The predicted molar refractivity (Wildman–Crippen MR) is 99.0 cm³/mol. The van der Waals surface area contributed by atoms with Gasteiger partial charge in [0.1, 0.15) is 5.56 Å². The summed E-state index contributed by atoms with van der Waals surface area (Å²) in [4.78, 5) is 25.2. The van der Waals surface area contributed by atoms with Crippen LogP contribution in [0.4, 0.5) is 5.69 Å². The molecule has 2 aromatic rings. The van der Waals surface area contributed by atoms with Gasteiger partial charge in [-0.15, -0.1) is 0 Å². The van der Waals surface area contributed by atoms with Crippen LogP contribution >= 0.6 is 0 Å². The highest BCUT2D eigenvalue weighted by atomic mass is 16.2. The molecule has 1 N–H and O–H groups in total. The van der Waals surface area contributed by atoms with Crippen molar-refractivity contribution < 1.29 is 4.79 Å². The molecule has 1 heterocycles. The molecule has 1 aromatic heterocycles. The van der Waals surface area contributed by atoms with E-state index in [4.69, 9.17) is 0 Å². The smallest absolute Gasteiger partial charge is 0.261 e. The molecule has 128 valence electrons. The maximum Gasteiger partial charge on any atom is 0.261 e. The van der Waals surface area contributed by atoms with Gasteiger partial charge in [-0.25, -0.2) is 0 Å². The molecule has 0 unspecified atom stereocenters. The highest BCUT2D eigenvalue weighted by Crippen LogP contribution is 2.23. The number of nitrogens with one attached hydrogen (secondary N) is 1. The quantitative estimate of drug-likeness (QED) is 0.907. The van der Waals surface area contributed by atoms with Crippen molar-refractivity contribution in [3.05, 3.63) is 62.6 Å². The normalized spacial score (nSPS) is 10.7. The van der Waals surface area contributed by atoms with Crippen molar-refractivity contribution in [2.45, 2.75) is 54.0 Å². The van der Waals surface area contributed by atoms with Crippen molar-refractivity contribution in [3.8, 4) is 0 Å². The predicted octanol–water partition coefficient (Wildman–Crippen LogP) is 3.86. The van der Waals surface area contributed by atoms with Crippen molar-refractivity contribution >= 4 is 11.6 Å². The van der Waals surface area contributed by atoms with Crippen LogP contribution in [0.25, 0.3) is 0 Å². The number of carbonyl (C=O) groups is 1. The molecule has 1 aromatic carbocycles. The number of aryl methyl sites for hydroxylation is 3. The van der Waals surface area contributed by atoms with E-state index in [1.807, 2.05) is 43.5 Å². The standard InChI is InChI=1S/C20H26N2O2/c1-6-15-10-9-11-16(7-2)19(15)21-20(24)18-14(5)22(8-3)13(4)12-17(18)23/h9-12H,6-8H2,1-5H3,(H,21,24). The Bertz CT molecular complexity index is 797. The Morgan fingerprint density at radius 2 is 1.67 bits per heavy atom. The van der Waals surface area contributed by atoms with Crippen LogP contribution in [0.3, 0.4) is 0 Å². The molecule has 4 nitrogen and oxygen atoms in total. The summed E-state index contributed by atoms with van der Waals surface area (Å²) in [5.74, 6) is -0.324. The minimum atomic E-state index is -0.324. The van der Waals surface area contributed by atoms with Crippen LogP contribution in [-0.4, -0.2) is 10.5 Å². The van der Waals surface area contributed by atoms with Gasteiger partial charge in [0.15, 0.2) is 5.43 Å². The average Bonchev–Trinajstić information content (AvgIpc) is 2.54. The Hall–Kier alpha value is -2.36. The van der Waals surface area contributed by atoms with Gasteiger partial charge in [0.25, 0.3) is 5.91 Å². The molecule has 0 spiro atoms. The van der Waals surface area contributed by atoms with E-state index in [0.29, 0.717) is 5.69 Å². The zero-order chi connectivity index (χ0) is 17.9. The second kappa shape index (κ2) is 7.47. The molecule has 0 atom stereocenters. The lowest BCUT2D eigenvalue weighted by Gasteiger charge is -2.18. The number of pyridine rings is 1. The van der Waals surface area contributed by atoms with E-state index < -0.39 is 0 Å². The van der Waals surface area contributed by atoms with Crippen LogP contribution in [0.5, 0.6) is 0 Å². The number of para-hydroxylation sites is 1. The van der Waals surface area contributed by atoms with Crippen LogP contribution in [0.1, 0.15) is 53.6 Å². The molecule has 0 aliphatic carbocycles. The number of carbonyl (C=O) groups excluding carboxylic acids is 1. The summed E-state index contributed by atoms with van der Waals surface area (Å²) < 4.78 is 1.99. The Kier molecular flexibility index (Phi) is 5.60. The van der Waals surface area contributed by atoms with E-state index in [1.54, 1.807) is 0 Å². The van der Waals surface area contributed by atoms with E-state index in [-0.39, 0.29) is 16.9 Å². The van der Waals surface area contributed by atoms with Gasteiger partial charge in [0, 0.05) is 29.7 Å². The minimum Gasteiger partial charge on any atom is -0.348 e. The van der Waals surface area contributed by atoms with Crippen LogP contribution in [0.15, 0.2) is 29.1 Å². The molecule has 1 amide bonds. The second-order valence-electron chi connectivity index (χ2n) is 5.97. The number of hydrogen-bond donors (Lipinski definition) is 1. The molecular formula is C20H26N2O2. The minimum absolute atomic E-state index is 0.223. The first-order chi connectivity index (χ1) is 11.4. The monoisotopic (exact) mass is 326 g/mol. The molecule has 0 aliphatic rings. The van der Waals surface area contributed by atoms with Crippen LogP contribution in [0.2, 0.25) is 0 Å². The van der Waals surface area contributed by atoms with Gasteiger partial charge in [-0.3, -0.25) is 9.59 Å². The molecule has 24 heavy (non-hydrogen) atoms. The molecule has 0 aliphatic heterocycles. The summed E-state index contributed by atoms with van der Waals surface area (Å²) in [5, 5.41) is 3.00. The SMILES string of the molecule is CCc1cccc(CC)c1NC(=O)c1c(C)n(CC)c(C)cc1=O. The zero-order valence-corrected chi connectivity index (χ0v) is 15.2. The summed E-state index contributed by atoms with van der Waals surface area (Å²) in [6, 6.07) is 7.58. The first-order valence-corrected chi connectivity index (χ1v) is 8.57. The van der Waals surface area contributed by atoms with Crippen molar-refractivity contribution in [3.63, 3.8) is 0 Å². The van der Waals surface area contributed by atoms with E-state index in [9.17, 15) is 9.59 Å². The highest BCUT2D eigenvalue weighted by molar-refractivity contribution is 6.05. The summed E-state index contributed by atoms with van der Waals surface area (Å²) in [6.07, 6.45) is 1.66. The fourth-order valence-electron chi connectivity index (χ4n) is 3.26. The number of anilines is 1. The summed E-state index contributed by atoms with van der Waals surface area (Å²) >= 11 is 0. The Balaban J connectivity index is 2.51. The molecule has 0 saturated heterocycles. The summed E-state index contributed by atoms with van der Waals surface area (Å²) in [7, 11) is 0. The molecule has 0 saturated carbocycles. The Morgan fingerprint density at radius 3 is 2.17 bits per heavy atom. The number of hydrogen-bond acceptors (Lipinski definition) is 2. The van der Waals surface area contributed by atoms with Gasteiger partial charge < -0.3 is 9.88 Å². The van der Waals surface area contributed by atoms with Crippen molar-refractivity contribution in [1.29, 1.82) is 0 Å². The van der Waals surface area contributed by atoms with Gasteiger partial charge in [-0.05, 0) is 44.7 Å². The lowest BCUT2D eigenvalue weighted by molar-refractivity contribution is 0.102. The number of rotatable bonds is 5. The van der Waals surface area contributed by atoms with E-state index in [1.165, 1.54) is 6.07 Å². The molecule has 0 fully saturated rings. The first-order valence-electron chi connectivity index (χ1n) is 8.57. The number of benzene rings is 1. The lowest BCUT2D eigenvalue weighted by Crippen LogP contribution is -2.27. The van der Waals surface area contributed by atoms with Gasteiger partial charge >= 0.3 is 0 Å². The number of aromatic nitrogens is 1. The number of amides is 1. The topological polar surface area (TPSA) is 51.1 Å². The molecular weight excluding hydrogens is 300 g/mol. The fraction of sp³-hybridized carbons (Fsp3) is 0.400.